The summed E-state index contributed by atoms with van der Waals surface area (Å²) in [6.45, 7) is 0.0756. The van der Waals surface area contributed by atoms with Gasteiger partial charge in [-0.05, 0) is 5.56 Å². The number of nitrogens with zero attached hydrogens (tertiary/aromatic N) is 1. The minimum Gasteiger partial charge on any atom is -0.483 e. The largest absolute Gasteiger partial charge is 0.483 e. The van der Waals surface area contributed by atoms with Gasteiger partial charge in [-0.1, -0.05) is 46.3 Å². The van der Waals surface area contributed by atoms with Gasteiger partial charge in [0.05, 0.1) is 18.5 Å². The fraction of sp³-hybridized carbons (Fsp3) is 0.231. The Balaban J connectivity index is 2.04. The summed E-state index contributed by atoms with van der Waals surface area (Å²) >= 11 is 3.19. The second-order valence-electron chi connectivity index (χ2n) is 3.77. The van der Waals surface area contributed by atoms with Crippen molar-refractivity contribution in [3.05, 3.63) is 47.9 Å². The summed E-state index contributed by atoms with van der Waals surface area (Å²) < 4.78 is 5.44. The maximum absolute atomic E-state index is 11.9. The smallest absolute Gasteiger partial charge is 0.218 e. The first kappa shape index (κ1) is 13.0. The number of alkyl halides is 1. The number of carbonyl (C=O) groups is 1. The van der Waals surface area contributed by atoms with Crippen molar-refractivity contribution in [2.24, 2.45) is 4.99 Å². The number of aliphatic hydroxyl groups is 1. The Morgan fingerprint density at radius 1 is 1.33 bits per heavy atom. The Bertz CT molecular complexity index is 496. The first-order chi connectivity index (χ1) is 8.72. The van der Waals surface area contributed by atoms with Crippen molar-refractivity contribution in [2.75, 3.05) is 6.61 Å². The first-order valence-electron chi connectivity index (χ1n) is 5.45. The van der Waals surface area contributed by atoms with E-state index in [1.165, 1.54) is 6.20 Å². The molecule has 0 amide bonds. The lowest BCUT2D eigenvalue weighted by molar-refractivity contribution is -0.117. The summed E-state index contributed by atoms with van der Waals surface area (Å²) in [7, 11) is 0. The summed E-state index contributed by atoms with van der Waals surface area (Å²) in [4.78, 5) is 15.3. The molecular weight excluding hydrogens is 298 g/mol. The number of hydrogen-bond acceptors (Lipinski definition) is 4. The van der Waals surface area contributed by atoms with Crippen LogP contribution in [0.2, 0.25) is 0 Å². The zero-order valence-electron chi connectivity index (χ0n) is 9.54. The zero-order chi connectivity index (χ0) is 13.0. The van der Waals surface area contributed by atoms with Gasteiger partial charge in [0.1, 0.15) is 11.4 Å². The predicted octanol–water partition coefficient (Wildman–Crippen LogP) is 1.82. The van der Waals surface area contributed by atoms with Crippen molar-refractivity contribution < 1.29 is 14.6 Å². The van der Waals surface area contributed by atoms with Crippen LogP contribution in [0.1, 0.15) is 5.56 Å². The fourth-order valence-electron chi connectivity index (χ4n) is 1.51. The fourth-order valence-corrected chi connectivity index (χ4v) is 2.00. The van der Waals surface area contributed by atoms with Crippen LogP contribution in [0.5, 0.6) is 0 Å². The number of rotatable bonds is 4. The van der Waals surface area contributed by atoms with Gasteiger partial charge in [-0.15, -0.1) is 0 Å². The molecule has 0 bridgehead atoms. The Kier molecular flexibility index (Phi) is 4.28. The predicted molar refractivity (Wildman–Crippen MR) is 71.6 cm³/mol. The van der Waals surface area contributed by atoms with Crippen LogP contribution < -0.4 is 0 Å². The van der Waals surface area contributed by atoms with Crippen LogP contribution in [0.4, 0.5) is 0 Å². The molecule has 0 saturated carbocycles. The highest BCUT2D eigenvalue weighted by Gasteiger charge is 2.28. The van der Waals surface area contributed by atoms with Crippen molar-refractivity contribution in [1.82, 2.24) is 0 Å². The number of Topliss-reactive ketones (excluding diaryl/α,β-unsaturated/α-hetero) is 1. The molecule has 2 rings (SSSR count). The number of halogens is 1. The molecule has 94 valence electrons. The number of allylic oxidation sites excluding steroid dienone is 1. The Morgan fingerprint density at radius 2 is 2.06 bits per heavy atom. The summed E-state index contributed by atoms with van der Waals surface area (Å²) in [5.41, 5.74) is 1.38. The molecule has 0 aromatic heterocycles. The molecule has 1 aromatic rings. The molecule has 1 aliphatic heterocycles. The summed E-state index contributed by atoms with van der Waals surface area (Å²) in [6.07, 6.45) is 1.36. The third-order valence-electron chi connectivity index (χ3n) is 2.51. The van der Waals surface area contributed by atoms with E-state index in [2.05, 4.69) is 20.9 Å². The lowest BCUT2D eigenvalue weighted by atomic mass is 10.1. The number of ketones is 1. The maximum Gasteiger partial charge on any atom is 0.218 e. The quantitative estimate of drug-likeness (QED) is 0.863. The van der Waals surface area contributed by atoms with Crippen LogP contribution in [0.3, 0.4) is 0 Å². The molecule has 0 aliphatic carbocycles. The third-order valence-corrected chi connectivity index (χ3v) is 3.46. The second kappa shape index (κ2) is 5.93. The molecule has 1 aliphatic rings. The van der Waals surface area contributed by atoms with Gasteiger partial charge in [0.15, 0.2) is 5.76 Å². The number of benzene rings is 1. The molecule has 0 radical (unpaired) electrons. The van der Waals surface area contributed by atoms with Gasteiger partial charge in [-0.2, -0.15) is 0 Å². The molecule has 4 nitrogen and oxygen atoms in total. The number of hydrogen-bond donors (Lipinski definition) is 1. The van der Waals surface area contributed by atoms with Crippen molar-refractivity contribution in [1.29, 1.82) is 0 Å². The van der Waals surface area contributed by atoms with Crippen LogP contribution in [0.25, 0.3) is 0 Å². The van der Waals surface area contributed by atoms with Gasteiger partial charge in [0.25, 0.3) is 0 Å². The highest BCUT2D eigenvalue weighted by molar-refractivity contribution is 9.10. The number of carbonyl (C=O) groups excluding carboxylic acids is 1. The third kappa shape index (κ3) is 2.86. The van der Waals surface area contributed by atoms with E-state index in [4.69, 9.17) is 9.84 Å². The molecule has 0 spiro atoms. The average molecular weight is 310 g/mol. The van der Waals surface area contributed by atoms with Gasteiger partial charge in [0.2, 0.25) is 5.78 Å². The van der Waals surface area contributed by atoms with Gasteiger partial charge < -0.3 is 9.84 Å². The molecule has 0 saturated heterocycles. The van der Waals surface area contributed by atoms with Gasteiger partial charge >= 0.3 is 0 Å². The highest BCUT2D eigenvalue weighted by Crippen LogP contribution is 2.18. The molecule has 1 heterocycles. The van der Waals surface area contributed by atoms with Crippen molar-refractivity contribution >= 4 is 27.4 Å². The summed E-state index contributed by atoms with van der Waals surface area (Å²) in [5, 5.41) is 8.99. The first-order valence-corrected chi connectivity index (χ1v) is 6.36. The second-order valence-corrected chi connectivity index (χ2v) is 4.69. The SMILES string of the molecule is O=C1C(OCc2ccccc2)=CN=C(CO)C1Br. The van der Waals surface area contributed by atoms with E-state index >= 15 is 0 Å². The Hall–Kier alpha value is -1.46. The minimum atomic E-state index is -0.599. The molecule has 1 unspecified atom stereocenters. The van der Waals surface area contributed by atoms with Gasteiger partial charge in [-0.25, -0.2) is 0 Å². The van der Waals surface area contributed by atoms with Crippen LogP contribution in [-0.4, -0.2) is 28.0 Å². The van der Waals surface area contributed by atoms with Crippen LogP contribution in [0.15, 0.2) is 47.3 Å². The standard InChI is InChI=1S/C13H12BrNO3/c14-12-10(7-16)15-6-11(13(12)17)18-8-9-4-2-1-3-5-9/h1-6,12,16H,7-8H2. The normalized spacial score (nSPS) is 19.2. The maximum atomic E-state index is 11.9. The van der Waals surface area contributed by atoms with E-state index in [9.17, 15) is 4.79 Å². The Morgan fingerprint density at radius 3 is 2.72 bits per heavy atom. The number of ether oxygens (including phenoxy) is 1. The molecule has 5 heteroatoms. The Labute approximate surface area is 113 Å². The van der Waals surface area contributed by atoms with Crippen molar-refractivity contribution in [3.8, 4) is 0 Å². The van der Waals surface area contributed by atoms with Crippen LogP contribution >= 0.6 is 15.9 Å². The molecule has 18 heavy (non-hydrogen) atoms. The molecule has 0 fully saturated rings. The van der Waals surface area contributed by atoms with E-state index < -0.39 is 4.83 Å². The minimum absolute atomic E-state index is 0.206. The van der Waals surface area contributed by atoms with E-state index in [-0.39, 0.29) is 18.1 Å². The molecule has 1 atom stereocenters. The average Bonchev–Trinajstić information content (AvgIpc) is 2.42. The number of aliphatic hydroxyl groups excluding tert-OH is 1. The highest BCUT2D eigenvalue weighted by atomic mass is 79.9. The number of aliphatic imine (C=N–C) groups is 1. The lowest BCUT2D eigenvalue weighted by Gasteiger charge is -2.17. The van der Waals surface area contributed by atoms with Gasteiger partial charge in [0, 0.05) is 0 Å². The zero-order valence-corrected chi connectivity index (χ0v) is 11.1. The lowest BCUT2D eigenvalue weighted by Crippen LogP contribution is -2.31. The monoisotopic (exact) mass is 309 g/mol. The molecule has 1 N–H and O–H groups in total. The molecular formula is C13H12BrNO3. The van der Waals surface area contributed by atoms with Crippen molar-refractivity contribution in [3.63, 3.8) is 0 Å². The van der Waals surface area contributed by atoms with E-state index in [1.54, 1.807) is 0 Å². The van der Waals surface area contributed by atoms with Crippen molar-refractivity contribution in [2.45, 2.75) is 11.4 Å². The topological polar surface area (TPSA) is 58.9 Å². The van der Waals surface area contributed by atoms with Crippen LogP contribution in [0, 0.1) is 0 Å². The summed E-state index contributed by atoms with van der Waals surface area (Å²) in [5.74, 6) is -0.0112. The summed E-state index contributed by atoms with van der Waals surface area (Å²) in [6, 6.07) is 9.57. The van der Waals surface area contributed by atoms with E-state index in [0.717, 1.165) is 5.56 Å². The van der Waals surface area contributed by atoms with E-state index in [0.29, 0.717) is 12.3 Å². The van der Waals surface area contributed by atoms with Gasteiger partial charge in [-0.3, -0.25) is 9.79 Å². The van der Waals surface area contributed by atoms with Crippen LogP contribution in [-0.2, 0) is 16.1 Å². The molecule has 1 aromatic carbocycles. The van der Waals surface area contributed by atoms with E-state index in [1.807, 2.05) is 30.3 Å².